The number of nitrogens with one attached hydrogen (secondary N) is 1. The topological polar surface area (TPSA) is 146 Å². The fraction of sp³-hybridized carbons (Fsp3) is 0.265. The highest BCUT2D eigenvalue weighted by Crippen LogP contribution is 2.46. The van der Waals surface area contributed by atoms with Crippen molar-refractivity contribution >= 4 is 15.7 Å². The first-order chi connectivity index (χ1) is 23.2. The molecular formula is C34H29F3N4O7S. The summed E-state index contributed by atoms with van der Waals surface area (Å²) in [6.07, 6.45) is -0.789. The quantitative estimate of drug-likeness (QED) is 0.193. The van der Waals surface area contributed by atoms with Crippen molar-refractivity contribution in [3.63, 3.8) is 0 Å². The predicted molar refractivity (Wildman–Crippen MR) is 170 cm³/mol. The van der Waals surface area contributed by atoms with Crippen LogP contribution in [0.15, 0.2) is 63.9 Å². The molecule has 1 saturated carbocycles. The van der Waals surface area contributed by atoms with Crippen molar-refractivity contribution in [3.8, 4) is 56.5 Å². The van der Waals surface area contributed by atoms with Crippen LogP contribution in [0.5, 0.6) is 11.5 Å². The van der Waals surface area contributed by atoms with E-state index < -0.39 is 28.6 Å². The smallest absolute Gasteiger partial charge is 0.440 e. The van der Waals surface area contributed by atoms with Gasteiger partial charge in [0.25, 0.3) is 5.91 Å². The van der Waals surface area contributed by atoms with Gasteiger partial charge in [-0.2, -0.15) is 5.10 Å². The molecule has 2 aromatic heterocycles. The minimum atomic E-state index is -3.94. The lowest BCUT2D eigenvalue weighted by Crippen LogP contribution is -2.25. The molecule has 0 bridgehead atoms. The first-order valence-corrected chi connectivity index (χ1v) is 17.1. The Labute approximate surface area is 278 Å². The Morgan fingerprint density at radius 3 is 2.47 bits per heavy atom. The normalized spacial score (nSPS) is 15.1. The molecule has 1 aliphatic heterocycles. The number of aromatic nitrogens is 3. The van der Waals surface area contributed by atoms with Crippen LogP contribution < -0.4 is 14.8 Å². The highest BCUT2D eigenvalue weighted by molar-refractivity contribution is 7.90. The average molecular weight is 695 g/mol. The molecular weight excluding hydrogens is 665 g/mol. The van der Waals surface area contributed by atoms with Gasteiger partial charge in [-0.15, -0.1) is 8.78 Å². The van der Waals surface area contributed by atoms with E-state index in [2.05, 4.69) is 24.9 Å². The van der Waals surface area contributed by atoms with Crippen LogP contribution in [0.4, 0.5) is 13.2 Å². The lowest BCUT2D eigenvalue weighted by atomic mass is 9.93. The number of ether oxygens (including phenoxy) is 2. The fourth-order valence-electron chi connectivity index (χ4n) is 5.78. The van der Waals surface area contributed by atoms with E-state index in [1.54, 1.807) is 38.2 Å². The van der Waals surface area contributed by atoms with E-state index in [4.69, 9.17) is 4.42 Å². The van der Waals surface area contributed by atoms with Gasteiger partial charge in [-0.25, -0.2) is 17.8 Å². The average Bonchev–Trinajstić information content (AvgIpc) is 3.54. The number of hydrogen-bond donors (Lipinski definition) is 2. The second kappa shape index (κ2) is 11.8. The summed E-state index contributed by atoms with van der Waals surface area (Å²) in [5.74, 6) is -0.731. The number of carbonyl (C=O) groups is 1. The first kappa shape index (κ1) is 32.4. The number of alkyl halides is 2. The Balaban J connectivity index is 1.40. The Morgan fingerprint density at radius 2 is 1.76 bits per heavy atom. The van der Waals surface area contributed by atoms with Crippen LogP contribution in [-0.2, 0) is 23.5 Å². The molecule has 254 valence electrons. The predicted octanol–water partition coefficient (Wildman–Crippen LogP) is 5.88. The van der Waals surface area contributed by atoms with E-state index in [0.29, 0.717) is 40.4 Å². The first-order valence-electron chi connectivity index (χ1n) is 15.2. The molecule has 3 aromatic carbocycles. The van der Waals surface area contributed by atoms with E-state index in [-0.39, 0.29) is 56.5 Å². The lowest BCUT2D eigenvalue weighted by Gasteiger charge is -2.14. The monoisotopic (exact) mass is 694 g/mol. The summed E-state index contributed by atoms with van der Waals surface area (Å²) >= 11 is 0. The second-order valence-electron chi connectivity index (χ2n) is 12.1. The molecule has 49 heavy (non-hydrogen) atoms. The summed E-state index contributed by atoms with van der Waals surface area (Å²) in [6, 6.07) is 13.2. The number of aliphatic hydroxyl groups excluding tert-OH is 1. The van der Waals surface area contributed by atoms with Crippen molar-refractivity contribution in [3.05, 3.63) is 77.6 Å². The number of oxazole rings is 1. The molecule has 2 aliphatic rings. The number of fused-ring (bicyclic) bond motifs is 1. The van der Waals surface area contributed by atoms with E-state index in [1.165, 1.54) is 28.9 Å². The molecule has 0 radical (unpaired) electrons. The van der Waals surface area contributed by atoms with Gasteiger partial charge in [-0.3, -0.25) is 9.48 Å². The standard InChI is InChI=1S/C34H29F3N4O7S/c1-17-39-31(20-7-9-28-29(12-20)48-34(36,37)47-28)32(46-17)23-10-19(21-11-25(35)24(16-42)30(13-21)49(3,44)45)6-8-22(23)27-14-26(40-41(27)2)33(43)38-15-18-4-5-18/h6-14,18,42H,4-5,15-16H2,1-3H3,(H,38,43). The molecule has 0 atom stereocenters. The summed E-state index contributed by atoms with van der Waals surface area (Å²) in [5.41, 5.74) is 2.40. The third-order valence-corrected chi connectivity index (χ3v) is 9.52. The van der Waals surface area contributed by atoms with Gasteiger partial charge >= 0.3 is 6.29 Å². The van der Waals surface area contributed by atoms with Crippen LogP contribution in [0, 0.1) is 18.7 Å². The van der Waals surface area contributed by atoms with Gasteiger partial charge in [0.15, 0.2) is 38.7 Å². The Morgan fingerprint density at radius 1 is 1.02 bits per heavy atom. The number of nitrogens with zero attached hydrogens (tertiary/aromatic N) is 3. The zero-order valence-electron chi connectivity index (χ0n) is 26.4. The van der Waals surface area contributed by atoms with Crippen molar-refractivity contribution in [2.24, 2.45) is 13.0 Å². The lowest BCUT2D eigenvalue weighted by molar-refractivity contribution is -0.286. The van der Waals surface area contributed by atoms with Crippen molar-refractivity contribution in [1.29, 1.82) is 0 Å². The molecule has 0 spiro atoms. The van der Waals surface area contributed by atoms with Gasteiger partial charge < -0.3 is 24.3 Å². The molecule has 1 fully saturated rings. The maximum absolute atomic E-state index is 15.2. The van der Waals surface area contributed by atoms with Crippen LogP contribution in [-0.4, -0.2) is 53.3 Å². The third kappa shape index (κ3) is 6.26. The summed E-state index contributed by atoms with van der Waals surface area (Å²) in [7, 11) is -2.27. The second-order valence-corrected chi connectivity index (χ2v) is 14.0. The van der Waals surface area contributed by atoms with Crippen LogP contribution >= 0.6 is 0 Å². The van der Waals surface area contributed by atoms with Crippen molar-refractivity contribution in [2.75, 3.05) is 12.8 Å². The molecule has 5 aromatic rings. The van der Waals surface area contributed by atoms with Gasteiger partial charge in [0.2, 0.25) is 0 Å². The maximum atomic E-state index is 15.2. The number of hydrogen-bond acceptors (Lipinski definition) is 9. The van der Waals surface area contributed by atoms with Crippen LogP contribution in [0.3, 0.4) is 0 Å². The number of sulfone groups is 1. The van der Waals surface area contributed by atoms with Crippen molar-refractivity contribution in [2.45, 2.75) is 37.6 Å². The molecule has 15 heteroatoms. The van der Waals surface area contributed by atoms with Crippen LogP contribution in [0.25, 0.3) is 45.0 Å². The summed E-state index contributed by atoms with van der Waals surface area (Å²) < 4.78 is 84.9. The van der Waals surface area contributed by atoms with E-state index in [9.17, 15) is 27.1 Å². The molecule has 2 N–H and O–H groups in total. The number of aryl methyl sites for hydroxylation is 2. The molecule has 0 unspecified atom stereocenters. The zero-order chi connectivity index (χ0) is 34.8. The van der Waals surface area contributed by atoms with Gasteiger partial charge in [0, 0.05) is 49.0 Å². The van der Waals surface area contributed by atoms with Gasteiger partial charge in [0.05, 0.1) is 17.2 Å². The van der Waals surface area contributed by atoms with Crippen molar-refractivity contribution < 1.29 is 45.4 Å². The third-order valence-electron chi connectivity index (χ3n) is 8.36. The molecule has 0 saturated heterocycles. The maximum Gasteiger partial charge on any atom is 0.586 e. The van der Waals surface area contributed by atoms with Gasteiger partial charge in [0.1, 0.15) is 11.5 Å². The van der Waals surface area contributed by atoms with Crippen molar-refractivity contribution in [1.82, 2.24) is 20.1 Å². The van der Waals surface area contributed by atoms with Crippen LogP contribution in [0.1, 0.15) is 34.8 Å². The van der Waals surface area contributed by atoms with E-state index >= 15 is 4.39 Å². The summed E-state index contributed by atoms with van der Waals surface area (Å²) in [5, 5.41) is 17.0. The SMILES string of the molecule is Cc1nc(-c2ccc3c(c2)OC(F)(F)O3)c(-c2cc(-c3cc(F)c(CO)c(S(C)(=O)=O)c3)ccc2-c2cc(C(=O)NCC3CC3)nn2C)o1. The number of aliphatic hydroxyl groups is 1. The largest absolute Gasteiger partial charge is 0.586 e. The van der Waals surface area contributed by atoms with E-state index in [0.717, 1.165) is 25.2 Å². The molecule has 7 rings (SSSR count). The zero-order valence-corrected chi connectivity index (χ0v) is 27.2. The number of carbonyl (C=O) groups excluding carboxylic acids is 1. The number of amides is 1. The highest BCUT2D eigenvalue weighted by Gasteiger charge is 2.43. The minimum absolute atomic E-state index is 0.157. The molecule has 11 nitrogen and oxygen atoms in total. The Kier molecular flexibility index (Phi) is 7.78. The van der Waals surface area contributed by atoms with Gasteiger partial charge in [-0.05, 0) is 72.4 Å². The number of benzene rings is 3. The van der Waals surface area contributed by atoms with E-state index in [1.807, 2.05) is 0 Å². The number of rotatable bonds is 9. The molecule has 3 heterocycles. The highest BCUT2D eigenvalue weighted by atomic mass is 32.2. The molecule has 1 amide bonds. The summed E-state index contributed by atoms with van der Waals surface area (Å²) in [4.78, 5) is 17.1. The molecule has 1 aliphatic carbocycles. The summed E-state index contributed by atoms with van der Waals surface area (Å²) in [6.45, 7) is 1.33. The Hall–Kier alpha value is -5.15. The van der Waals surface area contributed by atoms with Crippen LogP contribution in [0.2, 0.25) is 0 Å². The van der Waals surface area contributed by atoms with Gasteiger partial charge in [-0.1, -0.05) is 12.1 Å². The Bertz CT molecular complexity index is 2260. The fourth-order valence-corrected chi connectivity index (χ4v) is 6.73. The number of halogens is 3. The minimum Gasteiger partial charge on any atom is -0.440 e.